The van der Waals surface area contributed by atoms with Crippen LogP contribution in [-0.2, 0) is 31.4 Å². The zero-order valence-corrected chi connectivity index (χ0v) is 17.7. The summed E-state index contributed by atoms with van der Waals surface area (Å²) in [5.74, 6) is -0.407. The number of nitrogens with zero attached hydrogens (tertiary/aromatic N) is 1. The Morgan fingerprint density at radius 2 is 1.62 bits per heavy atom. The van der Waals surface area contributed by atoms with E-state index in [1.807, 2.05) is 0 Å². The van der Waals surface area contributed by atoms with E-state index in [0.717, 1.165) is 0 Å². The molecule has 0 spiro atoms. The molecule has 0 aliphatic carbocycles. The third-order valence-corrected chi connectivity index (χ3v) is 7.75. The van der Waals surface area contributed by atoms with Crippen LogP contribution < -0.4 is 10.5 Å². The maximum absolute atomic E-state index is 12.9. The highest BCUT2D eigenvalue weighted by molar-refractivity contribution is 7.89. The minimum absolute atomic E-state index is 0.0244. The Labute approximate surface area is 174 Å². The number of carbonyl (C=O) groups is 1. The van der Waals surface area contributed by atoms with Crippen molar-refractivity contribution in [3.05, 3.63) is 59.1 Å². The van der Waals surface area contributed by atoms with E-state index < -0.39 is 32.0 Å². The van der Waals surface area contributed by atoms with Gasteiger partial charge in [0.25, 0.3) is 0 Å². The summed E-state index contributed by atoms with van der Waals surface area (Å²) in [6.45, 7) is 0.390. The van der Waals surface area contributed by atoms with Crippen molar-refractivity contribution in [1.29, 1.82) is 0 Å². The van der Waals surface area contributed by atoms with Gasteiger partial charge in [-0.25, -0.2) is 22.0 Å². The Morgan fingerprint density at radius 1 is 1.03 bits per heavy atom. The van der Waals surface area contributed by atoms with Gasteiger partial charge in [-0.2, -0.15) is 4.31 Å². The second kappa shape index (κ2) is 8.41. The lowest BCUT2D eigenvalue weighted by atomic mass is 10.2. The lowest BCUT2D eigenvalue weighted by Crippen LogP contribution is -2.45. The number of nitrogens with one attached hydrogen (secondary N) is 1. The third kappa shape index (κ3) is 4.96. The molecule has 1 saturated heterocycles. The molecule has 156 valence electrons. The zero-order chi connectivity index (χ0) is 21.2. The van der Waals surface area contributed by atoms with E-state index in [1.54, 1.807) is 0 Å². The van der Waals surface area contributed by atoms with E-state index in [2.05, 4.69) is 5.32 Å². The smallest absolute Gasteiger partial charge is 0.243 e. The highest BCUT2D eigenvalue weighted by Crippen LogP contribution is 2.27. The molecular formula is C18H20ClN3O5S2. The molecule has 1 heterocycles. The third-order valence-electron chi connectivity index (χ3n) is 4.65. The monoisotopic (exact) mass is 457 g/mol. The van der Waals surface area contributed by atoms with Gasteiger partial charge in [0.05, 0.1) is 9.79 Å². The lowest BCUT2D eigenvalue weighted by Gasteiger charge is -2.23. The van der Waals surface area contributed by atoms with Crippen LogP contribution in [0.4, 0.5) is 0 Å². The van der Waals surface area contributed by atoms with Crippen molar-refractivity contribution in [2.75, 3.05) is 6.54 Å². The Balaban J connectivity index is 1.69. The summed E-state index contributed by atoms with van der Waals surface area (Å²) in [7, 11) is -7.61. The maximum Gasteiger partial charge on any atom is 0.243 e. The van der Waals surface area contributed by atoms with Gasteiger partial charge in [0.1, 0.15) is 6.04 Å². The largest absolute Gasteiger partial charge is 0.351 e. The van der Waals surface area contributed by atoms with Crippen LogP contribution >= 0.6 is 11.6 Å². The Bertz CT molecular complexity index is 1100. The van der Waals surface area contributed by atoms with Crippen molar-refractivity contribution in [2.24, 2.45) is 5.14 Å². The van der Waals surface area contributed by atoms with Gasteiger partial charge in [-0.15, -0.1) is 0 Å². The van der Waals surface area contributed by atoms with E-state index in [1.165, 1.54) is 52.8 Å². The van der Waals surface area contributed by atoms with Crippen LogP contribution in [0.1, 0.15) is 18.4 Å². The Morgan fingerprint density at radius 3 is 2.21 bits per heavy atom. The zero-order valence-electron chi connectivity index (χ0n) is 15.3. The SMILES string of the molecule is NS(=O)(=O)c1ccc(CNC(=O)C2CCCN2S(=O)(=O)c2ccc(Cl)cc2)cc1. The number of carbonyl (C=O) groups excluding carboxylic acids is 1. The first kappa shape index (κ1) is 21.7. The molecule has 1 atom stereocenters. The van der Waals surface area contributed by atoms with Gasteiger partial charge in [0.2, 0.25) is 26.0 Å². The fourth-order valence-electron chi connectivity index (χ4n) is 3.14. The average molecular weight is 458 g/mol. The first-order valence-electron chi connectivity index (χ1n) is 8.76. The minimum Gasteiger partial charge on any atom is -0.351 e. The van der Waals surface area contributed by atoms with Crippen molar-refractivity contribution in [1.82, 2.24) is 9.62 Å². The topological polar surface area (TPSA) is 127 Å². The first-order valence-corrected chi connectivity index (χ1v) is 12.1. The van der Waals surface area contributed by atoms with Crippen LogP contribution in [0.3, 0.4) is 0 Å². The maximum atomic E-state index is 12.9. The van der Waals surface area contributed by atoms with Crippen LogP contribution in [0, 0.1) is 0 Å². The van der Waals surface area contributed by atoms with Crippen molar-refractivity contribution >= 4 is 37.6 Å². The number of rotatable bonds is 6. The number of sulfonamides is 2. The number of hydrogen-bond acceptors (Lipinski definition) is 5. The van der Waals surface area contributed by atoms with Gasteiger partial charge >= 0.3 is 0 Å². The summed E-state index contributed by atoms with van der Waals surface area (Å²) >= 11 is 5.82. The average Bonchev–Trinajstić information content (AvgIpc) is 3.17. The number of nitrogens with two attached hydrogens (primary N) is 1. The standard InChI is InChI=1S/C18H20ClN3O5S2/c19-14-5-9-16(10-6-14)29(26,27)22-11-1-2-17(22)18(23)21-12-13-3-7-15(8-4-13)28(20,24)25/h3-10,17H,1-2,11-12H2,(H,21,23)(H2,20,24,25). The summed E-state index contributed by atoms with van der Waals surface area (Å²) < 4.78 is 49.6. The fraction of sp³-hybridized carbons (Fsp3) is 0.278. The molecular weight excluding hydrogens is 438 g/mol. The van der Waals surface area contributed by atoms with Gasteiger partial charge in [-0.05, 0) is 54.8 Å². The molecule has 3 N–H and O–H groups in total. The predicted octanol–water partition coefficient (Wildman–Crippen LogP) is 1.46. The van der Waals surface area contributed by atoms with Crippen LogP contribution in [0.2, 0.25) is 5.02 Å². The van der Waals surface area contributed by atoms with E-state index in [-0.39, 0.29) is 22.9 Å². The van der Waals surface area contributed by atoms with Crippen LogP contribution in [0.15, 0.2) is 58.3 Å². The summed E-state index contributed by atoms with van der Waals surface area (Å²) in [6, 6.07) is 10.8. The second-order valence-corrected chi connectivity index (χ2v) is 10.5. The van der Waals surface area contributed by atoms with Crippen LogP contribution in [0.25, 0.3) is 0 Å². The fourth-order valence-corrected chi connectivity index (χ4v) is 5.43. The molecule has 1 unspecified atom stereocenters. The van der Waals surface area contributed by atoms with Crippen LogP contribution in [-0.4, -0.2) is 39.6 Å². The molecule has 11 heteroatoms. The number of primary sulfonamides is 1. The van der Waals surface area contributed by atoms with Crippen molar-refractivity contribution < 1.29 is 21.6 Å². The highest BCUT2D eigenvalue weighted by atomic mass is 35.5. The van der Waals surface area contributed by atoms with Crippen LogP contribution in [0.5, 0.6) is 0 Å². The van der Waals surface area contributed by atoms with Crippen molar-refractivity contribution in [2.45, 2.75) is 35.2 Å². The predicted molar refractivity (Wildman–Crippen MR) is 108 cm³/mol. The molecule has 3 rings (SSSR count). The number of benzene rings is 2. The van der Waals surface area contributed by atoms with E-state index in [9.17, 15) is 21.6 Å². The van der Waals surface area contributed by atoms with Gasteiger partial charge < -0.3 is 5.32 Å². The molecule has 29 heavy (non-hydrogen) atoms. The summed E-state index contributed by atoms with van der Waals surface area (Å²) in [4.78, 5) is 12.7. The van der Waals surface area contributed by atoms with E-state index >= 15 is 0 Å². The molecule has 1 fully saturated rings. The van der Waals surface area contributed by atoms with Gasteiger partial charge in [-0.3, -0.25) is 4.79 Å². The Kier molecular flexibility index (Phi) is 6.30. The molecule has 0 aromatic heterocycles. The summed E-state index contributed by atoms with van der Waals surface area (Å²) in [5.41, 5.74) is 0.663. The van der Waals surface area contributed by atoms with Crippen molar-refractivity contribution in [3.8, 4) is 0 Å². The normalized spacial score (nSPS) is 17.9. The second-order valence-electron chi connectivity index (χ2n) is 6.63. The number of hydrogen-bond donors (Lipinski definition) is 2. The molecule has 1 aliphatic rings. The lowest BCUT2D eigenvalue weighted by molar-refractivity contribution is -0.124. The quantitative estimate of drug-likeness (QED) is 0.678. The summed E-state index contributed by atoms with van der Waals surface area (Å²) in [5, 5.41) is 8.20. The molecule has 2 aromatic carbocycles. The molecule has 1 amide bonds. The molecule has 0 bridgehead atoms. The molecule has 8 nitrogen and oxygen atoms in total. The highest BCUT2D eigenvalue weighted by Gasteiger charge is 2.39. The van der Waals surface area contributed by atoms with E-state index in [0.29, 0.717) is 23.4 Å². The number of halogens is 1. The molecule has 0 saturated carbocycles. The number of amides is 1. The summed E-state index contributed by atoms with van der Waals surface area (Å²) in [6.07, 6.45) is 0.997. The molecule has 0 radical (unpaired) electrons. The van der Waals surface area contributed by atoms with Gasteiger partial charge in [0, 0.05) is 18.1 Å². The van der Waals surface area contributed by atoms with Gasteiger partial charge in [0.15, 0.2) is 0 Å². The van der Waals surface area contributed by atoms with Crippen molar-refractivity contribution in [3.63, 3.8) is 0 Å². The van der Waals surface area contributed by atoms with Gasteiger partial charge in [-0.1, -0.05) is 23.7 Å². The first-order chi connectivity index (χ1) is 13.6. The minimum atomic E-state index is -3.82. The molecule has 1 aliphatic heterocycles. The van der Waals surface area contributed by atoms with E-state index in [4.69, 9.17) is 16.7 Å². The molecule has 2 aromatic rings. The Hall–Kier alpha value is -1.98.